The number of benzene rings is 2. The molecule has 0 spiro atoms. The number of hydrogen-bond donors (Lipinski definition) is 0. The molecule has 0 aliphatic carbocycles. The van der Waals surface area contributed by atoms with Crippen LogP contribution in [-0.4, -0.2) is 33.4 Å². The molecule has 0 bridgehead atoms. The van der Waals surface area contributed by atoms with Crippen LogP contribution in [-0.2, 0) is 23.6 Å². The van der Waals surface area contributed by atoms with Gasteiger partial charge in [0.2, 0.25) is 0 Å². The number of rotatable bonds is 5. The number of carbonyl (C=O) groups excluding carboxylic acids is 1. The van der Waals surface area contributed by atoms with Gasteiger partial charge in [-0.1, -0.05) is 29.5 Å². The summed E-state index contributed by atoms with van der Waals surface area (Å²) in [7, 11) is 5.01. The second-order valence-corrected chi connectivity index (χ2v) is 9.74. The number of allylic oxidation sites excluding steroid dienone is 1. The van der Waals surface area contributed by atoms with Crippen molar-refractivity contribution >= 4 is 34.4 Å². The summed E-state index contributed by atoms with van der Waals surface area (Å²) >= 11 is 1.25. The van der Waals surface area contributed by atoms with Crippen LogP contribution in [0.3, 0.4) is 0 Å². The Labute approximate surface area is 215 Å². The first-order chi connectivity index (χ1) is 17.7. The van der Waals surface area contributed by atoms with Crippen LogP contribution in [0.1, 0.15) is 31.0 Å². The lowest BCUT2D eigenvalue weighted by Gasteiger charge is -2.25. The number of nitrogens with zero attached hydrogens (tertiary/aromatic N) is 4. The zero-order valence-electron chi connectivity index (χ0n) is 21.1. The predicted molar refractivity (Wildman–Crippen MR) is 142 cm³/mol. The maximum atomic E-state index is 13.8. The van der Waals surface area contributed by atoms with Crippen LogP contribution in [0.15, 0.2) is 68.3 Å². The number of thiazole rings is 1. The minimum Gasteiger partial charge on any atom is -0.497 e. The first kappa shape index (κ1) is 24.5. The number of carbonyl (C=O) groups is 1. The predicted octanol–water partition coefficient (Wildman–Crippen LogP) is 2.00. The van der Waals surface area contributed by atoms with Crippen LogP contribution in [0.4, 0.5) is 0 Å². The minimum absolute atomic E-state index is 0.119. The van der Waals surface area contributed by atoms with Crippen LogP contribution in [0.25, 0.3) is 17.1 Å². The molecule has 4 aromatic rings. The van der Waals surface area contributed by atoms with Crippen LogP contribution >= 0.6 is 11.3 Å². The average Bonchev–Trinajstić information content (AvgIpc) is 3.31. The molecule has 0 N–H and O–H groups in total. The monoisotopic (exact) mass is 518 g/mol. The molecule has 37 heavy (non-hydrogen) atoms. The molecule has 1 aliphatic rings. The van der Waals surface area contributed by atoms with Crippen molar-refractivity contribution in [2.75, 3.05) is 13.7 Å². The highest BCUT2D eigenvalue weighted by atomic mass is 32.1. The summed E-state index contributed by atoms with van der Waals surface area (Å²) in [6, 6.07) is 12.2. The minimum atomic E-state index is -0.718. The van der Waals surface area contributed by atoms with Crippen molar-refractivity contribution in [2.45, 2.75) is 19.9 Å². The maximum absolute atomic E-state index is 13.8. The van der Waals surface area contributed by atoms with Crippen LogP contribution in [0.2, 0.25) is 0 Å². The summed E-state index contributed by atoms with van der Waals surface area (Å²) in [6.45, 7) is 3.69. The molecule has 0 fully saturated rings. The van der Waals surface area contributed by atoms with E-state index in [0.717, 1.165) is 16.6 Å². The number of aryl methyl sites for hydroxylation is 2. The zero-order chi connectivity index (χ0) is 26.4. The quantitative estimate of drug-likeness (QED) is 0.377. The number of aromatic nitrogens is 3. The third-order valence-corrected chi connectivity index (χ3v) is 7.50. The molecule has 10 heteroatoms. The average molecular weight is 519 g/mol. The fourth-order valence-corrected chi connectivity index (χ4v) is 5.73. The van der Waals surface area contributed by atoms with Crippen molar-refractivity contribution in [2.24, 2.45) is 19.1 Å². The van der Waals surface area contributed by atoms with Crippen LogP contribution in [0, 0.1) is 0 Å². The van der Waals surface area contributed by atoms with E-state index in [-0.39, 0.29) is 17.9 Å². The molecular weight excluding hydrogens is 492 g/mol. The lowest BCUT2D eigenvalue weighted by molar-refractivity contribution is -0.139. The highest BCUT2D eigenvalue weighted by Crippen LogP contribution is 2.32. The van der Waals surface area contributed by atoms with Crippen molar-refractivity contribution in [3.63, 3.8) is 0 Å². The van der Waals surface area contributed by atoms with Gasteiger partial charge in [-0.15, -0.1) is 0 Å². The van der Waals surface area contributed by atoms with Crippen molar-refractivity contribution in [1.82, 2.24) is 13.7 Å². The van der Waals surface area contributed by atoms with E-state index in [0.29, 0.717) is 31.9 Å². The van der Waals surface area contributed by atoms with Gasteiger partial charge in [-0.2, -0.15) is 0 Å². The molecular formula is C27H26N4O5S. The number of imidazole rings is 1. The van der Waals surface area contributed by atoms with E-state index >= 15 is 0 Å². The fourth-order valence-electron chi connectivity index (χ4n) is 4.68. The molecule has 1 aliphatic heterocycles. The summed E-state index contributed by atoms with van der Waals surface area (Å²) in [5.74, 6) is 0.0977. The van der Waals surface area contributed by atoms with Gasteiger partial charge in [0.15, 0.2) is 4.80 Å². The van der Waals surface area contributed by atoms with Gasteiger partial charge in [-0.25, -0.2) is 14.6 Å². The lowest BCUT2D eigenvalue weighted by Crippen LogP contribution is -2.39. The Morgan fingerprint density at radius 3 is 2.59 bits per heavy atom. The van der Waals surface area contributed by atoms with E-state index in [2.05, 4.69) is 4.99 Å². The van der Waals surface area contributed by atoms with Gasteiger partial charge < -0.3 is 9.47 Å². The Bertz CT molecular complexity index is 1840. The summed E-state index contributed by atoms with van der Waals surface area (Å²) < 4.78 is 15.9. The van der Waals surface area contributed by atoms with Gasteiger partial charge in [0.25, 0.3) is 5.56 Å². The number of hydrogen-bond acceptors (Lipinski definition) is 7. The van der Waals surface area contributed by atoms with Crippen LogP contribution in [0.5, 0.6) is 5.75 Å². The Balaban J connectivity index is 1.73. The van der Waals surface area contributed by atoms with E-state index in [1.54, 1.807) is 60.9 Å². The molecule has 190 valence electrons. The topological polar surface area (TPSA) is 96.8 Å². The summed E-state index contributed by atoms with van der Waals surface area (Å²) in [6.07, 6.45) is 1.78. The van der Waals surface area contributed by atoms with Crippen molar-refractivity contribution in [3.8, 4) is 5.75 Å². The molecule has 9 nitrogen and oxygen atoms in total. The second-order valence-electron chi connectivity index (χ2n) is 8.73. The molecule has 0 amide bonds. The maximum Gasteiger partial charge on any atom is 0.338 e. The summed E-state index contributed by atoms with van der Waals surface area (Å²) in [5, 5.41) is 0. The largest absolute Gasteiger partial charge is 0.497 e. The van der Waals surface area contributed by atoms with E-state index < -0.39 is 12.0 Å². The Morgan fingerprint density at radius 1 is 1.11 bits per heavy atom. The SMILES string of the molecule is CCOC(=O)C1=C(C)N=c2s/c(=C/c3ccc4c(c3)n(C)c(=O)n4C)c(=O)n2[C@@H]1c1cccc(OC)c1. The van der Waals surface area contributed by atoms with Gasteiger partial charge in [0.1, 0.15) is 5.75 Å². The third-order valence-electron chi connectivity index (χ3n) is 6.52. The molecule has 1 atom stereocenters. The molecule has 2 aromatic carbocycles. The molecule has 2 aromatic heterocycles. The lowest BCUT2D eigenvalue weighted by atomic mass is 9.95. The first-order valence-electron chi connectivity index (χ1n) is 11.7. The highest BCUT2D eigenvalue weighted by molar-refractivity contribution is 7.07. The van der Waals surface area contributed by atoms with Crippen molar-refractivity contribution < 1.29 is 14.3 Å². The summed E-state index contributed by atoms with van der Waals surface area (Å²) in [5.41, 5.74) is 3.49. The molecule has 0 saturated carbocycles. The molecule has 3 heterocycles. The number of esters is 1. The van der Waals surface area contributed by atoms with E-state index in [9.17, 15) is 14.4 Å². The van der Waals surface area contributed by atoms with Crippen molar-refractivity contribution in [1.29, 1.82) is 0 Å². The number of ether oxygens (including phenoxy) is 2. The smallest absolute Gasteiger partial charge is 0.338 e. The van der Waals surface area contributed by atoms with Gasteiger partial charge in [-0.3, -0.25) is 18.5 Å². The van der Waals surface area contributed by atoms with Crippen molar-refractivity contribution in [3.05, 3.63) is 95.0 Å². The van der Waals surface area contributed by atoms with Gasteiger partial charge in [-0.05, 0) is 55.3 Å². The summed E-state index contributed by atoms with van der Waals surface area (Å²) in [4.78, 5) is 44.2. The number of fused-ring (bicyclic) bond motifs is 2. The van der Waals surface area contributed by atoms with Gasteiger partial charge in [0.05, 0.1) is 46.6 Å². The fraction of sp³-hybridized carbons (Fsp3) is 0.259. The number of methoxy groups -OCH3 is 1. The molecule has 0 unspecified atom stereocenters. The molecule has 0 saturated heterocycles. The second kappa shape index (κ2) is 9.36. The van der Waals surface area contributed by atoms with Gasteiger partial charge in [0, 0.05) is 14.1 Å². The van der Waals surface area contributed by atoms with Crippen LogP contribution < -0.4 is 25.3 Å². The zero-order valence-corrected chi connectivity index (χ0v) is 22.0. The first-order valence-corrected chi connectivity index (χ1v) is 12.6. The Hall–Kier alpha value is -4.18. The normalized spacial score (nSPS) is 15.6. The van der Waals surface area contributed by atoms with E-state index in [1.807, 2.05) is 36.4 Å². The Kier molecular flexibility index (Phi) is 6.20. The highest BCUT2D eigenvalue weighted by Gasteiger charge is 2.33. The van der Waals surface area contributed by atoms with Gasteiger partial charge >= 0.3 is 11.7 Å². The third kappa shape index (κ3) is 4.03. The van der Waals surface area contributed by atoms with E-state index in [1.165, 1.54) is 11.3 Å². The Morgan fingerprint density at radius 2 is 1.86 bits per heavy atom. The molecule has 0 radical (unpaired) electrons. The standard InChI is InChI=1S/C27H26N4O5S/c1-6-36-25(33)22-15(2)28-26-31(23(22)17-8-7-9-18(14-17)35-5)24(32)21(37-26)13-16-10-11-19-20(12-16)30(4)27(34)29(19)3/h7-14,23H,6H2,1-5H3/b21-13+/t23-/m1/s1. The van der Waals surface area contributed by atoms with E-state index in [4.69, 9.17) is 9.47 Å². The molecule has 5 rings (SSSR count).